The number of ether oxygens (including phenoxy) is 1. The van der Waals surface area contributed by atoms with E-state index in [0.29, 0.717) is 22.9 Å². The van der Waals surface area contributed by atoms with Gasteiger partial charge in [-0.2, -0.15) is 0 Å². The number of pyridine rings is 1. The quantitative estimate of drug-likeness (QED) is 0.589. The number of nitrogens with zero attached hydrogens (tertiary/aromatic N) is 4. The van der Waals surface area contributed by atoms with Gasteiger partial charge in [-0.25, -0.2) is 4.68 Å². The van der Waals surface area contributed by atoms with Crippen molar-refractivity contribution in [3.8, 4) is 11.5 Å². The minimum absolute atomic E-state index is 0. The smallest absolute Gasteiger partial charge is 0.278 e. The maximum atomic E-state index is 12.7. The Balaban J connectivity index is 0.00000171. The molecule has 0 atom stereocenters. The summed E-state index contributed by atoms with van der Waals surface area (Å²) in [4.78, 5) is 16.8. The molecular weight excluding hydrogens is 439 g/mol. The van der Waals surface area contributed by atoms with Crippen LogP contribution in [0, 0.1) is 13.8 Å². The zero-order valence-electron chi connectivity index (χ0n) is 17.4. The molecule has 166 valence electrons. The Labute approximate surface area is 193 Å². The van der Waals surface area contributed by atoms with Crippen LogP contribution >= 0.6 is 24.8 Å². The molecule has 0 aliphatic carbocycles. The van der Waals surface area contributed by atoms with E-state index < -0.39 is 0 Å². The molecule has 8 nitrogen and oxygen atoms in total. The van der Waals surface area contributed by atoms with Crippen LogP contribution in [0.15, 0.2) is 42.7 Å². The van der Waals surface area contributed by atoms with Gasteiger partial charge >= 0.3 is 0 Å². The van der Waals surface area contributed by atoms with Crippen LogP contribution in [0.2, 0.25) is 0 Å². The van der Waals surface area contributed by atoms with E-state index in [2.05, 4.69) is 25.9 Å². The van der Waals surface area contributed by atoms with Crippen LogP contribution in [-0.2, 0) is 0 Å². The molecular formula is C21H26Cl2N6O2. The predicted molar refractivity (Wildman–Crippen MR) is 124 cm³/mol. The highest BCUT2D eigenvalue weighted by atomic mass is 35.5. The molecule has 1 aliphatic rings. The molecule has 1 fully saturated rings. The van der Waals surface area contributed by atoms with Gasteiger partial charge in [0, 0.05) is 11.9 Å². The van der Waals surface area contributed by atoms with Gasteiger partial charge in [0.1, 0.15) is 11.5 Å². The molecule has 2 aromatic heterocycles. The first-order valence-electron chi connectivity index (χ1n) is 9.74. The standard InChI is InChI=1S/C21H24N6O2.2ClH/c1-14-12-16(5-6-19(14)29-18-4-3-9-23-13-18)24-21(28)20-15(2)27(26-25-20)17-7-10-22-11-8-17;;/h3-6,9,12-13,17,22H,7-8,10-11H2,1-2H3,(H,24,28);2*1H. The molecule has 0 radical (unpaired) electrons. The molecule has 0 saturated carbocycles. The fourth-order valence-electron chi connectivity index (χ4n) is 3.52. The number of carbonyl (C=O) groups is 1. The van der Waals surface area contributed by atoms with Crippen LogP contribution in [0.1, 0.15) is 40.6 Å². The van der Waals surface area contributed by atoms with E-state index in [9.17, 15) is 4.79 Å². The lowest BCUT2D eigenvalue weighted by Gasteiger charge is -2.23. The van der Waals surface area contributed by atoms with E-state index in [4.69, 9.17) is 4.74 Å². The Kier molecular flexibility index (Phi) is 8.79. The monoisotopic (exact) mass is 464 g/mol. The summed E-state index contributed by atoms with van der Waals surface area (Å²) in [6.07, 6.45) is 5.33. The number of hydrogen-bond acceptors (Lipinski definition) is 6. The Morgan fingerprint density at radius 3 is 2.65 bits per heavy atom. The van der Waals surface area contributed by atoms with Crippen molar-refractivity contribution in [3.05, 3.63) is 59.7 Å². The maximum absolute atomic E-state index is 12.7. The van der Waals surface area contributed by atoms with Gasteiger partial charge in [-0.05, 0) is 75.7 Å². The fraction of sp³-hybridized carbons (Fsp3) is 0.333. The average Bonchev–Trinajstić information content (AvgIpc) is 3.13. The number of halogens is 2. The number of aryl methyl sites for hydroxylation is 1. The third-order valence-corrected chi connectivity index (χ3v) is 5.09. The molecule has 1 amide bonds. The first-order valence-corrected chi connectivity index (χ1v) is 9.74. The van der Waals surface area contributed by atoms with Crippen LogP contribution in [0.25, 0.3) is 0 Å². The van der Waals surface area contributed by atoms with Crippen molar-refractivity contribution in [2.45, 2.75) is 32.7 Å². The second kappa shape index (κ2) is 11.1. The molecule has 4 rings (SSSR count). The third-order valence-electron chi connectivity index (χ3n) is 5.09. The Bertz CT molecular complexity index is 1010. The molecule has 10 heteroatoms. The lowest BCUT2D eigenvalue weighted by atomic mass is 10.1. The zero-order valence-corrected chi connectivity index (χ0v) is 19.0. The predicted octanol–water partition coefficient (Wildman–Crippen LogP) is 4.10. The fourth-order valence-corrected chi connectivity index (χ4v) is 3.52. The highest BCUT2D eigenvalue weighted by Crippen LogP contribution is 2.27. The normalized spacial score (nSPS) is 13.6. The number of piperidine rings is 1. The molecule has 3 heterocycles. The number of hydrogen-bond donors (Lipinski definition) is 2. The summed E-state index contributed by atoms with van der Waals surface area (Å²) in [5.41, 5.74) is 2.74. The van der Waals surface area contributed by atoms with Crippen LogP contribution in [-0.4, -0.2) is 39.0 Å². The van der Waals surface area contributed by atoms with E-state index in [-0.39, 0.29) is 36.8 Å². The van der Waals surface area contributed by atoms with E-state index in [1.54, 1.807) is 12.4 Å². The Hall–Kier alpha value is -2.68. The molecule has 1 aliphatic heterocycles. The number of carbonyl (C=O) groups excluding carboxylic acids is 1. The molecule has 0 unspecified atom stereocenters. The molecule has 3 aromatic rings. The first-order chi connectivity index (χ1) is 14.1. The summed E-state index contributed by atoms with van der Waals surface area (Å²) in [6, 6.07) is 9.46. The highest BCUT2D eigenvalue weighted by Gasteiger charge is 2.23. The van der Waals surface area contributed by atoms with Crippen molar-refractivity contribution in [1.82, 2.24) is 25.3 Å². The number of rotatable bonds is 5. The molecule has 31 heavy (non-hydrogen) atoms. The minimum Gasteiger partial charge on any atom is -0.455 e. The number of aromatic nitrogens is 4. The van der Waals surface area contributed by atoms with Gasteiger partial charge in [0.2, 0.25) is 0 Å². The molecule has 2 N–H and O–H groups in total. The van der Waals surface area contributed by atoms with E-state index in [1.807, 2.05) is 48.9 Å². The van der Waals surface area contributed by atoms with Crippen LogP contribution < -0.4 is 15.4 Å². The van der Waals surface area contributed by atoms with E-state index in [0.717, 1.165) is 37.2 Å². The zero-order chi connectivity index (χ0) is 20.2. The van der Waals surface area contributed by atoms with Crippen molar-refractivity contribution in [1.29, 1.82) is 0 Å². The average molecular weight is 465 g/mol. The third kappa shape index (κ3) is 5.72. The Morgan fingerprint density at radius 1 is 1.19 bits per heavy atom. The second-order valence-electron chi connectivity index (χ2n) is 7.17. The van der Waals surface area contributed by atoms with Gasteiger partial charge in [0.15, 0.2) is 5.69 Å². The van der Waals surface area contributed by atoms with Gasteiger partial charge in [0.25, 0.3) is 5.91 Å². The Morgan fingerprint density at radius 2 is 1.97 bits per heavy atom. The second-order valence-corrected chi connectivity index (χ2v) is 7.17. The van der Waals surface area contributed by atoms with E-state index in [1.165, 1.54) is 0 Å². The van der Waals surface area contributed by atoms with Crippen LogP contribution in [0.5, 0.6) is 11.5 Å². The van der Waals surface area contributed by atoms with Crippen molar-refractivity contribution in [2.24, 2.45) is 0 Å². The lowest BCUT2D eigenvalue weighted by Crippen LogP contribution is -2.30. The molecule has 0 bridgehead atoms. The van der Waals surface area contributed by atoms with Crippen LogP contribution in [0.4, 0.5) is 5.69 Å². The van der Waals surface area contributed by atoms with Gasteiger partial charge in [-0.3, -0.25) is 9.78 Å². The van der Waals surface area contributed by atoms with Crippen molar-refractivity contribution < 1.29 is 9.53 Å². The van der Waals surface area contributed by atoms with Gasteiger partial charge in [-0.1, -0.05) is 5.21 Å². The number of anilines is 1. The SMILES string of the molecule is Cc1cc(NC(=O)c2nnn(C3CCNCC3)c2C)ccc1Oc1cccnc1.Cl.Cl. The first kappa shape index (κ1) is 24.6. The summed E-state index contributed by atoms with van der Waals surface area (Å²) < 4.78 is 7.72. The summed E-state index contributed by atoms with van der Waals surface area (Å²) >= 11 is 0. The summed E-state index contributed by atoms with van der Waals surface area (Å²) in [5, 5.41) is 14.6. The topological polar surface area (TPSA) is 94.0 Å². The number of nitrogens with one attached hydrogen (secondary N) is 2. The van der Waals surface area contributed by atoms with Crippen molar-refractivity contribution >= 4 is 36.4 Å². The summed E-state index contributed by atoms with van der Waals surface area (Å²) in [6.45, 7) is 5.74. The van der Waals surface area contributed by atoms with E-state index >= 15 is 0 Å². The number of benzene rings is 1. The van der Waals surface area contributed by atoms with Crippen molar-refractivity contribution in [3.63, 3.8) is 0 Å². The van der Waals surface area contributed by atoms with Gasteiger partial charge in [-0.15, -0.1) is 29.9 Å². The summed E-state index contributed by atoms with van der Waals surface area (Å²) in [5.74, 6) is 1.12. The largest absolute Gasteiger partial charge is 0.455 e. The molecule has 1 saturated heterocycles. The summed E-state index contributed by atoms with van der Waals surface area (Å²) in [7, 11) is 0. The lowest BCUT2D eigenvalue weighted by molar-refractivity contribution is 0.102. The molecule has 0 spiro atoms. The maximum Gasteiger partial charge on any atom is 0.278 e. The van der Waals surface area contributed by atoms with Gasteiger partial charge < -0.3 is 15.4 Å². The van der Waals surface area contributed by atoms with Crippen molar-refractivity contribution in [2.75, 3.05) is 18.4 Å². The number of amides is 1. The minimum atomic E-state index is -0.261. The van der Waals surface area contributed by atoms with Gasteiger partial charge in [0.05, 0.1) is 17.9 Å². The van der Waals surface area contributed by atoms with Crippen LogP contribution in [0.3, 0.4) is 0 Å². The highest BCUT2D eigenvalue weighted by molar-refractivity contribution is 6.03. The molecule has 1 aromatic carbocycles.